The number of alkyl halides is 2. The van der Waals surface area contributed by atoms with Crippen molar-refractivity contribution in [2.75, 3.05) is 19.8 Å². The molecular weight excluding hydrogens is 346 g/mol. The second-order valence-electron chi connectivity index (χ2n) is 5.50. The largest absolute Gasteiger partial charge is 0.490 e. The summed E-state index contributed by atoms with van der Waals surface area (Å²) in [6.45, 7) is -0.173. The molecule has 2 rings (SSSR count). The van der Waals surface area contributed by atoms with Gasteiger partial charge in [-0.05, 0) is 31.9 Å². The number of nitrogens with zero attached hydrogens (tertiary/aromatic N) is 1. The van der Waals surface area contributed by atoms with Gasteiger partial charge in [0.15, 0.2) is 11.5 Å². The predicted octanol–water partition coefficient (Wildman–Crippen LogP) is 2.89. The van der Waals surface area contributed by atoms with Gasteiger partial charge in [0.25, 0.3) is 5.91 Å². The minimum atomic E-state index is -3.07. The maximum Gasteiger partial charge on any atom is 0.387 e. The first-order valence-electron chi connectivity index (χ1n) is 8.27. The van der Waals surface area contributed by atoms with Gasteiger partial charge < -0.3 is 19.5 Å². The second kappa shape index (κ2) is 9.73. The number of benzene rings is 1. The average molecular weight is 366 g/mol. The zero-order chi connectivity index (χ0) is 18.9. The lowest BCUT2D eigenvalue weighted by Crippen LogP contribution is -2.32. The molecule has 6 nitrogen and oxygen atoms in total. The summed E-state index contributed by atoms with van der Waals surface area (Å²) in [7, 11) is 0. The zero-order valence-electron chi connectivity index (χ0n) is 14.3. The molecule has 1 fully saturated rings. The van der Waals surface area contributed by atoms with Crippen LogP contribution >= 0.6 is 0 Å². The topological polar surface area (TPSA) is 80.6 Å². The quantitative estimate of drug-likeness (QED) is 0.565. The van der Waals surface area contributed by atoms with Crippen molar-refractivity contribution in [1.82, 2.24) is 5.32 Å². The van der Waals surface area contributed by atoms with Gasteiger partial charge >= 0.3 is 6.61 Å². The van der Waals surface area contributed by atoms with E-state index >= 15 is 0 Å². The number of hydrogen-bond donors (Lipinski definition) is 1. The third-order valence-corrected chi connectivity index (χ3v) is 3.70. The van der Waals surface area contributed by atoms with Crippen molar-refractivity contribution in [2.45, 2.75) is 32.5 Å². The van der Waals surface area contributed by atoms with Crippen LogP contribution < -0.4 is 14.8 Å². The van der Waals surface area contributed by atoms with Crippen molar-refractivity contribution in [1.29, 1.82) is 5.26 Å². The van der Waals surface area contributed by atoms with Crippen LogP contribution in [0.2, 0.25) is 0 Å². The number of rotatable bonds is 8. The Bertz CT molecular complexity index is 695. The van der Waals surface area contributed by atoms with E-state index < -0.39 is 12.5 Å². The first-order valence-corrected chi connectivity index (χ1v) is 8.27. The molecule has 1 aliphatic rings. The van der Waals surface area contributed by atoms with Gasteiger partial charge in [0.2, 0.25) is 0 Å². The van der Waals surface area contributed by atoms with Gasteiger partial charge in [-0.3, -0.25) is 4.79 Å². The molecule has 0 unspecified atom stereocenters. The Kier molecular flexibility index (Phi) is 7.36. The van der Waals surface area contributed by atoms with E-state index in [4.69, 9.17) is 9.47 Å². The summed E-state index contributed by atoms with van der Waals surface area (Å²) in [4.78, 5) is 12.2. The molecule has 0 saturated carbocycles. The highest BCUT2D eigenvalue weighted by Crippen LogP contribution is 2.34. The normalized spacial score (nSPS) is 17.0. The Hall–Kier alpha value is -2.66. The van der Waals surface area contributed by atoms with E-state index in [2.05, 4.69) is 10.1 Å². The zero-order valence-corrected chi connectivity index (χ0v) is 14.3. The van der Waals surface area contributed by atoms with Crippen LogP contribution in [0.15, 0.2) is 23.8 Å². The first kappa shape index (κ1) is 19.7. The highest BCUT2D eigenvalue weighted by atomic mass is 19.3. The number of nitrogens with one attached hydrogen (secondary N) is 1. The fourth-order valence-electron chi connectivity index (χ4n) is 2.54. The molecule has 1 aliphatic heterocycles. The molecular formula is C18H20F2N2O4. The van der Waals surface area contributed by atoms with E-state index in [-0.39, 0.29) is 41.9 Å². The molecule has 0 aromatic heterocycles. The number of amides is 1. The summed E-state index contributed by atoms with van der Waals surface area (Å²) in [5, 5.41) is 11.9. The third kappa shape index (κ3) is 5.43. The molecule has 0 bridgehead atoms. The summed E-state index contributed by atoms with van der Waals surface area (Å²) >= 11 is 0. The van der Waals surface area contributed by atoms with Crippen LogP contribution in [0.3, 0.4) is 0 Å². The Balaban J connectivity index is 2.21. The number of ether oxygens (including phenoxy) is 3. The molecule has 0 aliphatic carbocycles. The van der Waals surface area contributed by atoms with Gasteiger partial charge in [-0.1, -0.05) is 12.1 Å². The van der Waals surface area contributed by atoms with Gasteiger partial charge in [-0.25, -0.2) is 0 Å². The Morgan fingerprint density at radius 1 is 1.54 bits per heavy atom. The molecule has 1 aromatic carbocycles. The van der Waals surface area contributed by atoms with E-state index in [0.29, 0.717) is 6.61 Å². The lowest BCUT2D eigenvalue weighted by molar-refractivity contribution is -0.117. The molecule has 1 heterocycles. The summed E-state index contributed by atoms with van der Waals surface area (Å²) in [6.07, 6.45) is 2.90. The molecule has 1 aromatic rings. The molecule has 0 spiro atoms. The van der Waals surface area contributed by atoms with Gasteiger partial charge in [0.05, 0.1) is 12.7 Å². The van der Waals surface area contributed by atoms with Crippen LogP contribution in [0.1, 0.15) is 25.3 Å². The monoisotopic (exact) mass is 366 g/mol. The third-order valence-electron chi connectivity index (χ3n) is 3.70. The molecule has 140 valence electrons. The van der Waals surface area contributed by atoms with Crippen LogP contribution in [0.4, 0.5) is 8.78 Å². The Morgan fingerprint density at radius 2 is 2.35 bits per heavy atom. The minimum absolute atomic E-state index is 0.0714. The number of carbonyl (C=O) groups excluding carboxylic acids is 1. The van der Waals surface area contributed by atoms with E-state index in [1.54, 1.807) is 19.1 Å². The summed E-state index contributed by atoms with van der Waals surface area (Å²) in [5.41, 5.74) is -0.0733. The van der Waals surface area contributed by atoms with Crippen LogP contribution in [-0.2, 0) is 9.53 Å². The average Bonchev–Trinajstić information content (AvgIpc) is 3.13. The Labute approximate surface area is 150 Å². The minimum Gasteiger partial charge on any atom is -0.490 e. The summed E-state index contributed by atoms with van der Waals surface area (Å²) in [6, 6.07) is 6.28. The SMILES string of the molecule is CCOc1cccc(/C=C(\C#N)C(=O)NC[C@H]2CCCO2)c1OC(F)F. The number of para-hydroxylation sites is 1. The van der Waals surface area contributed by atoms with Crippen molar-refractivity contribution in [3.8, 4) is 17.6 Å². The number of halogens is 2. The lowest BCUT2D eigenvalue weighted by atomic mass is 10.1. The van der Waals surface area contributed by atoms with Gasteiger partial charge in [0.1, 0.15) is 11.6 Å². The van der Waals surface area contributed by atoms with Crippen molar-refractivity contribution >= 4 is 12.0 Å². The predicted molar refractivity (Wildman–Crippen MR) is 89.8 cm³/mol. The van der Waals surface area contributed by atoms with Crippen molar-refractivity contribution < 1.29 is 27.8 Å². The van der Waals surface area contributed by atoms with E-state index in [9.17, 15) is 18.8 Å². The standard InChI is InChI=1S/C18H20F2N2O4/c1-2-24-15-7-3-5-12(16(15)26-18(19)20)9-13(10-21)17(23)22-11-14-6-4-8-25-14/h3,5,7,9,14,18H,2,4,6,8,11H2,1H3,(H,22,23)/b13-9+/t14-/m1/s1. The van der Waals surface area contributed by atoms with Crippen LogP contribution in [0.25, 0.3) is 6.08 Å². The van der Waals surface area contributed by atoms with Crippen LogP contribution in [0.5, 0.6) is 11.5 Å². The van der Waals surface area contributed by atoms with E-state index in [1.807, 2.05) is 0 Å². The maximum atomic E-state index is 12.7. The van der Waals surface area contributed by atoms with Crippen molar-refractivity contribution in [2.24, 2.45) is 0 Å². The Morgan fingerprint density at radius 3 is 2.96 bits per heavy atom. The number of nitriles is 1. The number of carbonyl (C=O) groups is 1. The maximum absolute atomic E-state index is 12.7. The van der Waals surface area contributed by atoms with Gasteiger partial charge in [-0.15, -0.1) is 0 Å². The first-order chi connectivity index (χ1) is 12.5. The highest BCUT2D eigenvalue weighted by Gasteiger charge is 2.19. The van der Waals surface area contributed by atoms with E-state index in [0.717, 1.165) is 12.8 Å². The number of hydrogen-bond acceptors (Lipinski definition) is 5. The van der Waals surface area contributed by atoms with Crippen molar-refractivity contribution in [3.05, 3.63) is 29.3 Å². The second-order valence-corrected chi connectivity index (χ2v) is 5.50. The fourth-order valence-corrected chi connectivity index (χ4v) is 2.54. The molecule has 1 N–H and O–H groups in total. The van der Waals surface area contributed by atoms with Gasteiger partial charge in [-0.2, -0.15) is 14.0 Å². The fraction of sp³-hybridized carbons (Fsp3) is 0.444. The molecule has 1 saturated heterocycles. The molecule has 26 heavy (non-hydrogen) atoms. The molecule has 8 heteroatoms. The lowest BCUT2D eigenvalue weighted by Gasteiger charge is -2.14. The molecule has 0 radical (unpaired) electrons. The van der Waals surface area contributed by atoms with Crippen molar-refractivity contribution in [3.63, 3.8) is 0 Å². The highest BCUT2D eigenvalue weighted by molar-refractivity contribution is 6.02. The summed E-state index contributed by atoms with van der Waals surface area (Å²) < 4.78 is 40.7. The molecule has 1 atom stereocenters. The molecule has 1 amide bonds. The van der Waals surface area contributed by atoms with E-state index in [1.165, 1.54) is 18.2 Å². The van der Waals surface area contributed by atoms with Crippen LogP contribution in [-0.4, -0.2) is 38.4 Å². The van der Waals surface area contributed by atoms with Crippen LogP contribution in [0, 0.1) is 11.3 Å². The van der Waals surface area contributed by atoms with Gasteiger partial charge in [0, 0.05) is 18.7 Å². The smallest absolute Gasteiger partial charge is 0.387 e. The summed E-state index contributed by atoms with van der Waals surface area (Å²) in [5.74, 6) is -0.713.